The Kier molecular flexibility index (Phi) is 3.58. The third kappa shape index (κ3) is 2.82. The van der Waals surface area contributed by atoms with E-state index in [2.05, 4.69) is 54.8 Å². The van der Waals surface area contributed by atoms with Gasteiger partial charge in [0.25, 0.3) is 0 Å². The Morgan fingerprint density at radius 3 is 2.89 bits per heavy atom. The van der Waals surface area contributed by atoms with Gasteiger partial charge >= 0.3 is 0 Å². The number of nitrogens with one attached hydrogen (secondary N) is 2. The third-order valence-electron chi connectivity index (χ3n) is 3.75. The molecule has 2 heterocycles. The predicted octanol–water partition coefficient (Wildman–Crippen LogP) is 3.49. The molecular weight excluding hydrogens is 252 g/mol. The van der Waals surface area contributed by atoms with Gasteiger partial charge in [-0.3, -0.25) is 0 Å². The van der Waals surface area contributed by atoms with Gasteiger partial charge in [-0.2, -0.15) is 0 Å². The van der Waals surface area contributed by atoms with Crippen molar-refractivity contribution >= 4 is 17.0 Å². The average Bonchev–Trinajstić information content (AvgIpc) is 2.93. The highest BCUT2D eigenvalue weighted by molar-refractivity contribution is 7.12. The van der Waals surface area contributed by atoms with Crippen LogP contribution in [0.3, 0.4) is 0 Å². The minimum atomic E-state index is 0.527. The molecule has 0 aliphatic carbocycles. The number of hydrogen-bond donors (Lipinski definition) is 2. The number of rotatable bonds is 4. The number of aryl methyl sites for hydroxylation is 2. The molecule has 2 N–H and O–H groups in total. The Morgan fingerprint density at radius 2 is 2.16 bits per heavy atom. The van der Waals surface area contributed by atoms with Crippen LogP contribution in [0, 0.1) is 13.8 Å². The topological polar surface area (TPSA) is 24.1 Å². The lowest BCUT2D eigenvalue weighted by molar-refractivity contribution is 0.618. The van der Waals surface area contributed by atoms with Gasteiger partial charge in [-0.15, -0.1) is 11.3 Å². The van der Waals surface area contributed by atoms with E-state index in [4.69, 9.17) is 0 Å². The van der Waals surface area contributed by atoms with Gasteiger partial charge in [-0.25, -0.2) is 0 Å². The summed E-state index contributed by atoms with van der Waals surface area (Å²) in [7, 11) is 0. The zero-order valence-electron chi connectivity index (χ0n) is 11.5. The molecule has 0 amide bonds. The van der Waals surface area contributed by atoms with Crippen molar-refractivity contribution in [3.8, 4) is 0 Å². The summed E-state index contributed by atoms with van der Waals surface area (Å²) in [4.78, 5) is 2.87. The van der Waals surface area contributed by atoms with Gasteiger partial charge < -0.3 is 10.6 Å². The molecule has 1 aliphatic rings. The SMILES string of the molecule is Cc1cc(CNCC2Cc3ccccc3N2)sc1C. The second-order valence-corrected chi connectivity index (χ2v) is 6.63. The molecule has 0 saturated heterocycles. The number of anilines is 1. The molecule has 2 aromatic rings. The van der Waals surface area contributed by atoms with Crippen LogP contribution in [-0.2, 0) is 13.0 Å². The van der Waals surface area contributed by atoms with E-state index in [9.17, 15) is 0 Å². The molecule has 0 bridgehead atoms. The Labute approximate surface area is 118 Å². The average molecular weight is 272 g/mol. The first-order chi connectivity index (χ1) is 9.22. The van der Waals surface area contributed by atoms with Crippen molar-refractivity contribution in [1.29, 1.82) is 0 Å². The predicted molar refractivity (Wildman–Crippen MR) is 83.1 cm³/mol. The summed E-state index contributed by atoms with van der Waals surface area (Å²) < 4.78 is 0. The van der Waals surface area contributed by atoms with Crippen molar-refractivity contribution in [2.24, 2.45) is 0 Å². The van der Waals surface area contributed by atoms with E-state index in [1.54, 1.807) is 0 Å². The first-order valence-corrected chi connectivity index (χ1v) is 7.65. The summed E-state index contributed by atoms with van der Waals surface area (Å²) in [6.45, 7) is 6.38. The van der Waals surface area contributed by atoms with Crippen LogP contribution < -0.4 is 10.6 Å². The third-order valence-corrected chi connectivity index (χ3v) is 4.90. The van der Waals surface area contributed by atoms with E-state index >= 15 is 0 Å². The summed E-state index contributed by atoms with van der Waals surface area (Å²) in [6.07, 6.45) is 1.13. The fourth-order valence-electron chi connectivity index (χ4n) is 2.61. The van der Waals surface area contributed by atoms with Crippen LogP contribution in [0.4, 0.5) is 5.69 Å². The van der Waals surface area contributed by atoms with E-state index < -0.39 is 0 Å². The second-order valence-electron chi connectivity index (χ2n) is 5.29. The van der Waals surface area contributed by atoms with Crippen LogP contribution in [0.15, 0.2) is 30.3 Å². The Balaban J connectivity index is 1.50. The summed E-state index contributed by atoms with van der Waals surface area (Å²) in [5.74, 6) is 0. The fourth-order valence-corrected chi connectivity index (χ4v) is 3.63. The minimum Gasteiger partial charge on any atom is -0.380 e. The quantitative estimate of drug-likeness (QED) is 0.890. The molecule has 100 valence electrons. The molecule has 0 spiro atoms. The van der Waals surface area contributed by atoms with Crippen LogP contribution in [0.1, 0.15) is 20.9 Å². The van der Waals surface area contributed by atoms with Gasteiger partial charge in [0, 0.05) is 34.6 Å². The molecule has 1 aromatic carbocycles. The maximum absolute atomic E-state index is 3.58. The highest BCUT2D eigenvalue weighted by Gasteiger charge is 2.19. The molecular formula is C16H20N2S. The van der Waals surface area contributed by atoms with E-state index in [1.807, 2.05) is 11.3 Å². The number of fused-ring (bicyclic) bond motifs is 1. The summed E-state index contributed by atoms with van der Waals surface area (Å²) in [6, 6.07) is 11.4. The molecule has 1 aromatic heterocycles. The minimum absolute atomic E-state index is 0.527. The largest absolute Gasteiger partial charge is 0.380 e. The molecule has 19 heavy (non-hydrogen) atoms. The van der Waals surface area contributed by atoms with Crippen LogP contribution in [-0.4, -0.2) is 12.6 Å². The Morgan fingerprint density at radius 1 is 1.32 bits per heavy atom. The lowest BCUT2D eigenvalue weighted by Gasteiger charge is -2.11. The van der Waals surface area contributed by atoms with Crippen LogP contribution in [0.25, 0.3) is 0 Å². The number of thiophene rings is 1. The highest BCUT2D eigenvalue weighted by atomic mass is 32.1. The van der Waals surface area contributed by atoms with Crippen molar-refractivity contribution in [2.75, 3.05) is 11.9 Å². The van der Waals surface area contributed by atoms with Gasteiger partial charge in [0.05, 0.1) is 0 Å². The van der Waals surface area contributed by atoms with Gasteiger partial charge in [0.2, 0.25) is 0 Å². The van der Waals surface area contributed by atoms with E-state index in [0.717, 1.165) is 19.5 Å². The standard InChI is InChI=1S/C16H20N2S/c1-11-7-15(19-12(11)2)10-17-9-14-8-13-5-3-4-6-16(13)18-14/h3-7,14,17-18H,8-10H2,1-2H3. The summed E-state index contributed by atoms with van der Waals surface area (Å²) >= 11 is 1.90. The monoisotopic (exact) mass is 272 g/mol. The molecule has 3 heteroatoms. The van der Waals surface area contributed by atoms with Crippen molar-refractivity contribution in [1.82, 2.24) is 5.32 Å². The second kappa shape index (κ2) is 5.35. The molecule has 0 saturated carbocycles. The lowest BCUT2D eigenvalue weighted by atomic mass is 10.1. The number of benzene rings is 1. The van der Waals surface area contributed by atoms with Crippen molar-refractivity contribution in [3.05, 3.63) is 51.2 Å². The fraction of sp³-hybridized carbons (Fsp3) is 0.375. The highest BCUT2D eigenvalue weighted by Crippen LogP contribution is 2.25. The van der Waals surface area contributed by atoms with Crippen molar-refractivity contribution in [2.45, 2.75) is 32.9 Å². The first kappa shape index (κ1) is 12.7. The van der Waals surface area contributed by atoms with Gasteiger partial charge in [-0.05, 0) is 43.5 Å². The molecule has 2 nitrogen and oxygen atoms in total. The number of hydrogen-bond acceptors (Lipinski definition) is 3. The van der Waals surface area contributed by atoms with E-state index in [-0.39, 0.29) is 0 Å². The molecule has 0 radical (unpaired) electrons. The van der Waals surface area contributed by atoms with Gasteiger partial charge in [-0.1, -0.05) is 18.2 Å². The summed E-state index contributed by atoms with van der Waals surface area (Å²) in [5.41, 5.74) is 4.16. The maximum atomic E-state index is 3.58. The van der Waals surface area contributed by atoms with Crippen molar-refractivity contribution in [3.63, 3.8) is 0 Å². The van der Waals surface area contributed by atoms with Gasteiger partial charge in [0.1, 0.15) is 0 Å². The molecule has 1 aliphatic heterocycles. The Bertz CT molecular complexity index is 529. The van der Waals surface area contributed by atoms with E-state index in [1.165, 1.54) is 26.6 Å². The first-order valence-electron chi connectivity index (χ1n) is 6.83. The Hall–Kier alpha value is -1.32. The smallest absolute Gasteiger partial charge is 0.0427 e. The lowest BCUT2D eigenvalue weighted by Crippen LogP contribution is -2.30. The molecule has 1 unspecified atom stereocenters. The van der Waals surface area contributed by atoms with Crippen LogP contribution in [0.2, 0.25) is 0 Å². The zero-order valence-corrected chi connectivity index (χ0v) is 12.3. The number of para-hydroxylation sites is 1. The van der Waals surface area contributed by atoms with Crippen LogP contribution in [0.5, 0.6) is 0 Å². The van der Waals surface area contributed by atoms with E-state index in [0.29, 0.717) is 6.04 Å². The molecule has 0 fully saturated rings. The normalized spacial score (nSPS) is 17.3. The van der Waals surface area contributed by atoms with Crippen molar-refractivity contribution < 1.29 is 0 Å². The van der Waals surface area contributed by atoms with Crippen LogP contribution >= 0.6 is 11.3 Å². The van der Waals surface area contributed by atoms with Gasteiger partial charge in [0.15, 0.2) is 0 Å². The summed E-state index contributed by atoms with van der Waals surface area (Å²) in [5, 5.41) is 7.15. The molecule has 3 rings (SSSR count). The maximum Gasteiger partial charge on any atom is 0.0427 e. The zero-order chi connectivity index (χ0) is 13.2. The molecule has 1 atom stereocenters.